The van der Waals surface area contributed by atoms with E-state index in [0.717, 1.165) is 21.8 Å². The molecular weight excluding hydrogens is 616 g/mol. The lowest BCUT2D eigenvalue weighted by Gasteiger charge is -2.52. The number of allylic oxidation sites excluding steroid dienone is 4. The van der Waals surface area contributed by atoms with E-state index in [2.05, 4.69) is 177 Å². The van der Waals surface area contributed by atoms with Gasteiger partial charge in [-0.05, 0) is 81.6 Å². The van der Waals surface area contributed by atoms with E-state index >= 15 is 0 Å². The molecule has 5 aromatic rings. The first kappa shape index (κ1) is 25.5. The van der Waals surface area contributed by atoms with Crippen LogP contribution < -0.4 is 0 Å². The maximum Gasteiger partial charge on any atom is 0.0704 e. The van der Waals surface area contributed by atoms with Gasteiger partial charge in [-0.3, -0.25) is 0 Å². The van der Waals surface area contributed by atoms with E-state index in [1.165, 1.54) is 44.5 Å². The van der Waals surface area contributed by atoms with Gasteiger partial charge in [0.1, 0.15) is 0 Å². The molecule has 40 heavy (non-hydrogen) atoms. The average molecular weight is 644 g/mol. The Bertz CT molecular complexity index is 1730. The van der Waals surface area contributed by atoms with Gasteiger partial charge in [0.25, 0.3) is 0 Å². The summed E-state index contributed by atoms with van der Waals surface area (Å²) in [5.74, 6) is 0. The molecule has 2 atom stereocenters. The number of hydrogen-bond acceptors (Lipinski definition) is 0. The van der Waals surface area contributed by atoms with Crippen LogP contribution in [0.15, 0.2) is 166 Å². The third kappa shape index (κ3) is 3.70. The fourth-order valence-electron chi connectivity index (χ4n) is 7.24. The molecule has 0 N–H and O–H groups in total. The number of halogens is 2. The highest BCUT2D eigenvalue weighted by molar-refractivity contribution is 9.10. The van der Waals surface area contributed by atoms with Crippen molar-refractivity contribution in [2.24, 2.45) is 0 Å². The second kappa shape index (κ2) is 10.2. The molecule has 0 fully saturated rings. The zero-order valence-corrected chi connectivity index (χ0v) is 25.2. The van der Waals surface area contributed by atoms with E-state index in [1.54, 1.807) is 0 Å². The van der Waals surface area contributed by atoms with Gasteiger partial charge in [0.15, 0.2) is 0 Å². The zero-order chi connectivity index (χ0) is 27.2. The predicted molar refractivity (Wildman–Crippen MR) is 173 cm³/mol. The van der Waals surface area contributed by atoms with E-state index in [9.17, 15) is 0 Å². The fraction of sp³-hybridized carbons (Fsp3) is 0.105. The van der Waals surface area contributed by atoms with Gasteiger partial charge in [-0.1, -0.05) is 153 Å². The highest BCUT2D eigenvalue weighted by Crippen LogP contribution is 2.61. The molecule has 0 spiro atoms. The first-order valence-electron chi connectivity index (χ1n) is 13.8. The van der Waals surface area contributed by atoms with Crippen LogP contribution in [-0.2, 0) is 10.8 Å². The van der Waals surface area contributed by atoms with Gasteiger partial charge < -0.3 is 0 Å². The average Bonchev–Trinajstić information content (AvgIpc) is 3.02. The third-order valence-corrected chi connectivity index (χ3v) is 9.79. The number of rotatable bonds is 4. The molecule has 7 rings (SSSR count). The van der Waals surface area contributed by atoms with Gasteiger partial charge in [-0.2, -0.15) is 0 Å². The zero-order valence-electron chi connectivity index (χ0n) is 22.0. The summed E-state index contributed by atoms with van der Waals surface area (Å²) in [6.45, 7) is 0. The second-order valence-corrected chi connectivity index (χ2v) is 12.5. The summed E-state index contributed by atoms with van der Waals surface area (Å²) in [4.78, 5) is 0. The smallest absolute Gasteiger partial charge is 0.0704 e. The van der Waals surface area contributed by atoms with Crippen molar-refractivity contribution >= 4 is 31.9 Å². The van der Waals surface area contributed by atoms with Crippen LogP contribution in [0.1, 0.15) is 46.2 Å². The molecular formula is C38H28Br2. The summed E-state index contributed by atoms with van der Waals surface area (Å²) in [6, 6.07) is 49.4. The van der Waals surface area contributed by atoms with Crippen molar-refractivity contribution in [3.63, 3.8) is 0 Å². The Morgan fingerprint density at radius 1 is 0.450 bits per heavy atom. The van der Waals surface area contributed by atoms with E-state index in [-0.39, 0.29) is 0 Å². The predicted octanol–water partition coefficient (Wildman–Crippen LogP) is 10.5. The molecule has 2 aliphatic carbocycles. The minimum atomic E-state index is -0.446. The van der Waals surface area contributed by atoms with Crippen molar-refractivity contribution in [3.05, 3.63) is 199 Å². The van der Waals surface area contributed by atoms with Gasteiger partial charge >= 0.3 is 0 Å². The quantitative estimate of drug-likeness (QED) is 0.183. The first-order chi connectivity index (χ1) is 19.7. The maximum absolute atomic E-state index is 3.70. The van der Waals surface area contributed by atoms with Gasteiger partial charge in [0.05, 0.1) is 10.8 Å². The van der Waals surface area contributed by atoms with E-state index in [4.69, 9.17) is 0 Å². The molecule has 0 bridgehead atoms. The van der Waals surface area contributed by atoms with Crippen LogP contribution in [0.5, 0.6) is 0 Å². The van der Waals surface area contributed by atoms with Gasteiger partial charge in [-0.25, -0.2) is 0 Å². The number of fused-ring (bicyclic) bond motifs is 1. The molecule has 2 heteroatoms. The molecule has 0 saturated heterocycles. The van der Waals surface area contributed by atoms with Crippen molar-refractivity contribution in [2.75, 3.05) is 0 Å². The molecule has 2 aliphatic rings. The van der Waals surface area contributed by atoms with Crippen LogP contribution in [0.4, 0.5) is 0 Å². The van der Waals surface area contributed by atoms with Crippen molar-refractivity contribution in [1.82, 2.24) is 0 Å². The van der Waals surface area contributed by atoms with Gasteiger partial charge in [0.2, 0.25) is 0 Å². The molecule has 2 unspecified atom stereocenters. The Morgan fingerprint density at radius 3 is 1.43 bits per heavy atom. The van der Waals surface area contributed by atoms with Crippen LogP contribution >= 0.6 is 31.9 Å². The number of benzene rings is 5. The third-order valence-electron chi connectivity index (χ3n) is 8.73. The molecule has 5 aromatic carbocycles. The highest BCUT2D eigenvalue weighted by Gasteiger charge is 2.54. The lowest BCUT2D eigenvalue weighted by Crippen LogP contribution is -2.46. The minimum absolute atomic E-state index is 0.410. The Kier molecular flexibility index (Phi) is 6.49. The van der Waals surface area contributed by atoms with Crippen molar-refractivity contribution < 1.29 is 0 Å². The summed E-state index contributed by atoms with van der Waals surface area (Å²) >= 11 is 7.40. The lowest BCUT2D eigenvalue weighted by molar-refractivity contribution is 0.575. The topological polar surface area (TPSA) is 0 Å². The van der Waals surface area contributed by atoms with Crippen molar-refractivity contribution in [2.45, 2.75) is 23.7 Å². The summed E-state index contributed by atoms with van der Waals surface area (Å²) in [5.41, 5.74) is 9.88. The molecule has 0 saturated carbocycles. The van der Waals surface area contributed by atoms with E-state index < -0.39 is 10.8 Å². The van der Waals surface area contributed by atoms with Crippen LogP contribution in [0.2, 0.25) is 0 Å². The Balaban J connectivity index is 1.71. The summed E-state index contributed by atoms with van der Waals surface area (Å²) in [7, 11) is 0. The van der Waals surface area contributed by atoms with Crippen molar-refractivity contribution in [3.8, 4) is 0 Å². The molecule has 0 heterocycles. The normalized spacial score (nSPS) is 21.6. The summed E-state index contributed by atoms with van der Waals surface area (Å²) in [6.07, 6.45) is 6.83. The van der Waals surface area contributed by atoms with Crippen LogP contribution in [0.25, 0.3) is 0 Å². The second-order valence-electron chi connectivity index (χ2n) is 10.6. The molecule has 0 radical (unpaired) electrons. The fourth-order valence-corrected chi connectivity index (χ4v) is 7.77. The van der Waals surface area contributed by atoms with Crippen molar-refractivity contribution in [1.29, 1.82) is 0 Å². The SMILES string of the molecule is Brc1ccc(C2(c3ccccc3)C3=C(CCC=C3)C(c3ccccc3)(c3ccc(Br)cc3)c3ccccc32)cc1. The summed E-state index contributed by atoms with van der Waals surface area (Å²) < 4.78 is 2.18. The van der Waals surface area contributed by atoms with E-state index in [0.29, 0.717) is 0 Å². The van der Waals surface area contributed by atoms with Crippen LogP contribution in [0.3, 0.4) is 0 Å². The first-order valence-corrected chi connectivity index (χ1v) is 15.4. The van der Waals surface area contributed by atoms with Crippen LogP contribution in [-0.4, -0.2) is 0 Å². The maximum atomic E-state index is 3.70. The lowest BCUT2D eigenvalue weighted by atomic mass is 9.49. The molecule has 0 nitrogen and oxygen atoms in total. The summed E-state index contributed by atoms with van der Waals surface area (Å²) in [5, 5.41) is 0. The minimum Gasteiger partial charge on any atom is -0.0839 e. The Morgan fingerprint density at radius 2 is 0.875 bits per heavy atom. The molecule has 0 amide bonds. The molecule has 194 valence electrons. The number of hydrogen-bond donors (Lipinski definition) is 0. The Hall–Kier alpha value is -3.46. The van der Waals surface area contributed by atoms with Gasteiger partial charge in [-0.15, -0.1) is 0 Å². The Labute approximate surface area is 253 Å². The molecule has 0 aromatic heterocycles. The largest absolute Gasteiger partial charge is 0.0839 e. The van der Waals surface area contributed by atoms with E-state index in [1.807, 2.05) is 0 Å². The molecule has 0 aliphatic heterocycles. The van der Waals surface area contributed by atoms with Crippen LogP contribution in [0, 0.1) is 0 Å². The van der Waals surface area contributed by atoms with Gasteiger partial charge in [0, 0.05) is 8.95 Å². The monoisotopic (exact) mass is 642 g/mol. The standard InChI is InChI=1S/C38H28Br2/c39-31-23-19-29(20-24-31)37(27-11-3-1-4-12-27)33-15-7-9-17-35(33)38(28-13-5-2-6-14-28,30-21-25-32(40)26-22-30)36-18-10-8-16-34(36)37/h1-9,11-17,19-26H,10,18H2. The highest BCUT2D eigenvalue weighted by atomic mass is 79.9.